The molecule has 1 saturated heterocycles. The first-order valence-corrected chi connectivity index (χ1v) is 5.72. The van der Waals surface area contributed by atoms with Crippen LogP contribution in [-0.4, -0.2) is 19.8 Å². The van der Waals surface area contributed by atoms with Crippen LogP contribution in [0.1, 0.15) is 26.2 Å². The highest BCUT2D eigenvalue weighted by molar-refractivity contribution is 6.61. The number of unbranched alkanes of at least 4 members (excludes halogenated alkanes) is 1. The van der Waals surface area contributed by atoms with Gasteiger partial charge in [-0.25, -0.2) is 0 Å². The van der Waals surface area contributed by atoms with Crippen molar-refractivity contribution < 1.29 is 9.31 Å². The highest BCUT2D eigenvalue weighted by Gasteiger charge is 2.32. The van der Waals surface area contributed by atoms with Crippen molar-refractivity contribution >= 4 is 12.6 Å². The molecule has 3 heteroatoms. The lowest BCUT2D eigenvalue weighted by atomic mass is 9.79. The molecule has 15 heavy (non-hydrogen) atoms. The van der Waals surface area contributed by atoms with E-state index in [0.717, 1.165) is 18.5 Å². The lowest BCUT2D eigenvalue weighted by Crippen LogP contribution is -2.32. The Balaban J connectivity index is 1.87. The smallest absolute Gasteiger partial charge is 0.405 e. The van der Waals surface area contributed by atoms with Crippen LogP contribution >= 0.6 is 0 Å². The first-order chi connectivity index (χ1) is 7.40. The Kier molecular flexibility index (Phi) is 3.81. The summed E-state index contributed by atoms with van der Waals surface area (Å²) in [7, 11) is -0.145. The molecule has 1 aromatic rings. The van der Waals surface area contributed by atoms with Crippen molar-refractivity contribution in [3.63, 3.8) is 0 Å². The predicted molar refractivity (Wildman–Crippen MR) is 62.2 cm³/mol. The summed E-state index contributed by atoms with van der Waals surface area (Å²) in [6.45, 7) is 2.93. The summed E-state index contributed by atoms with van der Waals surface area (Å²) >= 11 is 0. The van der Waals surface area contributed by atoms with Crippen LogP contribution in [-0.2, 0) is 9.31 Å². The largest absolute Gasteiger partial charge is 0.494 e. The predicted octanol–water partition coefficient (Wildman–Crippen LogP) is 1.99. The molecule has 1 fully saturated rings. The monoisotopic (exact) mass is 204 g/mol. The van der Waals surface area contributed by atoms with Crippen LogP contribution in [0.5, 0.6) is 0 Å². The van der Waals surface area contributed by atoms with Gasteiger partial charge in [-0.3, -0.25) is 0 Å². The zero-order chi connectivity index (χ0) is 10.5. The van der Waals surface area contributed by atoms with E-state index in [4.69, 9.17) is 9.31 Å². The minimum atomic E-state index is -0.145. The highest BCUT2D eigenvalue weighted by atomic mass is 16.6. The molecule has 1 atom stereocenters. The minimum absolute atomic E-state index is 0.145. The van der Waals surface area contributed by atoms with E-state index >= 15 is 0 Å². The SMILES string of the molecule is CCCCC1COB(c2ccccc2)O1. The molecule has 0 radical (unpaired) electrons. The molecule has 0 saturated carbocycles. The Bertz CT molecular complexity index is 289. The van der Waals surface area contributed by atoms with E-state index < -0.39 is 0 Å². The van der Waals surface area contributed by atoms with Gasteiger partial charge in [0.2, 0.25) is 0 Å². The average Bonchev–Trinajstić information content (AvgIpc) is 2.76. The Morgan fingerprint density at radius 1 is 1.33 bits per heavy atom. The Hall–Kier alpha value is -0.795. The third kappa shape index (κ3) is 2.83. The van der Waals surface area contributed by atoms with E-state index in [0.29, 0.717) is 0 Å². The Morgan fingerprint density at radius 3 is 2.87 bits per heavy atom. The van der Waals surface area contributed by atoms with Crippen molar-refractivity contribution in [3.05, 3.63) is 30.3 Å². The molecule has 0 bridgehead atoms. The van der Waals surface area contributed by atoms with Gasteiger partial charge < -0.3 is 9.31 Å². The summed E-state index contributed by atoms with van der Waals surface area (Å²) in [5.74, 6) is 0. The second-order valence-electron chi connectivity index (χ2n) is 3.98. The first kappa shape index (κ1) is 10.7. The third-order valence-corrected chi connectivity index (χ3v) is 2.70. The van der Waals surface area contributed by atoms with E-state index in [9.17, 15) is 0 Å². The van der Waals surface area contributed by atoms with Gasteiger partial charge in [-0.1, -0.05) is 50.1 Å². The maximum Gasteiger partial charge on any atom is 0.494 e. The number of rotatable bonds is 4. The highest BCUT2D eigenvalue weighted by Crippen LogP contribution is 2.14. The minimum Gasteiger partial charge on any atom is -0.405 e. The quantitative estimate of drug-likeness (QED) is 0.698. The molecule has 0 aromatic heterocycles. The molecule has 1 aliphatic rings. The number of hydrogen-bond donors (Lipinski definition) is 0. The molecule has 1 aliphatic heterocycles. The van der Waals surface area contributed by atoms with Crippen molar-refractivity contribution in [1.82, 2.24) is 0 Å². The molecule has 0 N–H and O–H groups in total. The van der Waals surface area contributed by atoms with Crippen LogP contribution in [0.25, 0.3) is 0 Å². The fourth-order valence-corrected chi connectivity index (χ4v) is 1.82. The Labute approximate surface area is 91.7 Å². The van der Waals surface area contributed by atoms with Gasteiger partial charge in [0.25, 0.3) is 0 Å². The summed E-state index contributed by atoms with van der Waals surface area (Å²) in [5, 5.41) is 0. The van der Waals surface area contributed by atoms with Crippen LogP contribution in [0.3, 0.4) is 0 Å². The van der Waals surface area contributed by atoms with Gasteiger partial charge in [0.15, 0.2) is 0 Å². The molecule has 1 unspecified atom stereocenters. The second kappa shape index (κ2) is 5.33. The van der Waals surface area contributed by atoms with Crippen LogP contribution in [0.15, 0.2) is 30.3 Å². The lowest BCUT2D eigenvalue weighted by molar-refractivity contribution is 0.219. The van der Waals surface area contributed by atoms with Gasteiger partial charge in [0, 0.05) is 0 Å². The molecule has 0 amide bonds. The topological polar surface area (TPSA) is 18.5 Å². The van der Waals surface area contributed by atoms with Gasteiger partial charge in [-0.2, -0.15) is 0 Å². The Morgan fingerprint density at radius 2 is 2.13 bits per heavy atom. The normalized spacial score (nSPS) is 20.9. The van der Waals surface area contributed by atoms with Gasteiger partial charge in [0.05, 0.1) is 12.7 Å². The van der Waals surface area contributed by atoms with E-state index in [-0.39, 0.29) is 13.2 Å². The maximum absolute atomic E-state index is 5.83. The fraction of sp³-hybridized carbons (Fsp3) is 0.500. The van der Waals surface area contributed by atoms with Crippen LogP contribution in [0, 0.1) is 0 Å². The molecule has 2 rings (SSSR count). The van der Waals surface area contributed by atoms with Crippen molar-refractivity contribution in [2.45, 2.75) is 32.3 Å². The summed E-state index contributed by atoms with van der Waals surface area (Å²) in [5.41, 5.74) is 1.12. The van der Waals surface area contributed by atoms with E-state index in [1.165, 1.54) is 12.8 Å². The molecular weight excluding hydrogens is 187 g/mol. The summed E-state index contributed by atoms with van der Waals surface area (Å²) in [4.78, 5) is 0. The fourth-order valence-electron chi connectivity index (χ4n) is 1.82. The van der Waals surface area contributed by atoms with Gasteiger partial charge in [-0.15, -0.1) is 0 Å². The van der Waals surface area contributed by atoms with Gasteiger partial charge in [0.1, 0.15) is 0 Å². The molecule has 0 spiro atoms. The zero-order valence-electron chi connectivity index (χ0n) is 9.19. The standard InChI is InChI=1S/C12H17BO2/c1-2-3-9-12-10-14-13(15-12)11-7-5-4-6-8-11/h4-8,12H,2-3,9-10H2,1H3. The summed E-state index contributed by atoms with van der Waals surface area (Å²) in [6, 6.07) is 10.1. The average molecular weight is 204 g/mol. The zero-order valence-corrected chi connectivity index (χ0v) is 9.19. The first-order valence-electron chi connectivity index (χ1n) is 5.72. The van der Waals surface area contributed by atoms with Crippen molar-refractivity contribution in [1.29, 1.82) is 0 Å². The maximum atomic E-state index is 5.83. The van der Waals surface area contributed by atoms with Crippen molar-refractivity contribution in [2.24, 2.45) is 0 Å². The van der Waals surface area contributed by atoms with Crippen LogP contribution < -0.4 is 5.46 Å². The van der Waals surface area contributed by atoms with Crippen LogP contribution in [0.2, 0.25) is 0 Å². The molecule has 2 nitrogen and oxygen atoms in total. The molecule has 80 valence electrons. The van der Waals surface area contributed by atoms with Crippen LogP contribution in [0.4, 0.5) is 0 Å². The molecule has 1 heterocycles. The van der Waals surface area contributed by atoms with E-state index in [1.807, 2.05) is 30.3 Å². The van der Waals surface area contributed by atoms with Gasteiger partial charge >= 0.3 is 7.12 Å². The summed E-state index contributed by atoms with van der Waals surface area (Å²) < 4.78 is 11.5. The molecule has 1 aromatic carbocycles. The second-order valence-corrected chi connectivity index (χ2v) is 3.98. The van der Waals surface area contributed by atoms with Crippen molar-refractivity contribution in [3.8, 4) is 0 Å². The third-order valence-electron chi connectivity index (χ3n) is 2.70. The van der Waals surface area contributed by atoms with E-state index in [2.05, 4.69) is 6.92 Å². The number of benzene rings is 1. The summed E-state index contributed by atoms with van der Waals surface area (Å²) in [6.07, 6.45) is 3.83. The lowest BCUT2D eigenvalue weighted by Gasteiger charge is -2.08. The van der Waals surface area contributed by atoms with Gasteiger partial charge in [-0.05, 0) is 11.9 Å². The number of hydrogen-bond acceptors (Lipinski definition) is 2. The van der Waals surface area contributed by atoms with E-state index in [1.54, 1.807) is 0 Å². The van der Waals surface area contributed by atoms with Crippen molar-refractivity contribution in [2.75, 3.05) is 6.61 Å². The molecule has 0 aliphatic carbocycles. The molecular formula is C12H17BO2.